The summed E-state index contributed by atoms with van der Waals surface area (Å²) in [5.41, 5.74) is 3.51. The summed E-state index contributed by atoms with van der Waals surface area (Å²) >= 11 is 1.61. The first kappa shape index (κ1) is 17.7. The van der Waals surface area contributed by atoms with Crippen LogP contribution in [0.1, 0.15) is 21.6 Å². The van der Waals surface area contributed by atoms with Crippen molar-refractivity contribution in [3.8, 4) is 0 Å². The predicted octanol–water partition coefficient (Wildman–Crippen LogP) is 3.11. The van der Waals surface area contributed by atoms with Gasteiger partial charge in [0.05, 0.1) is 18.2 Å². The van der Waals surface area contributed by atoms with E-state index < -0.39 is 0 Å². The van der Waals surface area contributed by atoms with E-state index in [9.17, 15) is 9.90 Å². The summed E-state index contributed by atoms with van der Waals surface area (Å²) in [4.78, 5) is 15.5. The standard InChI is InChI=1S/C18H24N2O2S/c1-13-14(2)18(23-15(13)3)19-17(22)12-20(9-10-21)11-16-7-5-4-6-8-16/h4-8,21H,9-12H2,1-3H3,(H,19,22). The number of hydrogen-bond acceptors (Lipinski definition) is 4. The minimum atomic E-state index is -0.0428. The molecule has 1 amide bonds. The molecule has 0 radical (unpaired) electrons. The summed E-state index contributed by atoms with van der Waals surface area (Å²) in [5, 5.41) is 13.2. The fourth-order valence-corrected chi connectivity index (χ4v) is 3.51. The predicted molar refractivity (Wildman–Crippen MR) is 96.0 cm³/mol. The Kier molecular flexibility index (Phi) is 6.33. The summed E-state index contributed by atoms with van der Waals surface area (Å²) in [6, 6.07) is 9.98. The van der Waals surface area contributed by atoms with Crippen molar-refractivity contribution < 1.29 is 9.90 Å². The number of nitrogens with one attached hydrogen (secondary N) is 1. The zero-order valence-electron chi connectivity index (χ0n) is 13.9. The van der Waals surface area contributed by atoms with Crippen molar-refractivity contribution in [3.63, 3.8) is 0 Å². The van der Waals surface area contributed by atoms with Crippen LogP contribution < -0.4 is 5.32 Å². The van der Waals surface area contributed by atoms with Gasteiger partial charge >= 0.3 is 0 Å². The van der Waals surface area contributed by atoms with E-state index >= 15 is 0 Å². The molecule has 0 fully saturated rings. The van der Waals surface area contributed by atoms with Gasteiger partial charge in [0.15, 0.2) is 0 Å². The lowest BCUT2D eigenvalue weighted by Crippen LogP contribution is -2.34. The molecule has 0 atom stereocenters. The Balaban J connectivity index is 1.98. The van der Waals surface area contributed by atoms with Gasteiger partial charge in [-0.05, 0) is 37.5 Å². The van der Waals surface area contributed by atoms with E-state index in [2.05, 4.69) is 19.2 Å². The second kappa shape index (κ2) is 8.24. The van der Waals surface area contributed by atoms with E-state index in [0.717, 1.165) is 16.1 Å². The molecule has 1 aromatic heterocycles. The second-order valence-electron chi connectivity index (χ2n) is 5.71. The van der Waals surface area contributed by atoms with Crippen molar-refractivity contribution in [2.75, 3.05) is 25.0 Å². The number of carbonyl (C=O) groups is 1. The van der Waals surface area contributed by atoms with Gasteiger partial charge in [-0.3, -0.25) is 9.69 Å². The van der Waals surface area contributed by atoms with Crippen LogP contribution in [0.2, 0.25) is 0 Å². The SMILES string of the molecule is Cc1sc(NC(=O)CN(CCO)Cc2ccccc2)c(C)c1C. The molecule has 124 valence electrons. The highest BCUT2D eigenvalue weighted by Gasteiger charge is 2.14. The smallest absolute Gasteiger partial charge is 0.239 e. The minimum Gasteiger partial charge on any atom is -0.395 e. The third-order valence-electron chi connectivity index (χ3n) is 3.97. The third kappa shape index (κ3) is 4.89. The first-order chi connectivity index (χ1) is 11.0. The molecule has 0 saturated carbocycles. The average Bonchev–Trinajstić information content (AvgIpc) is 2.75. The molecule has 23 heavy (non-hydrogen) atoms. The number of amides is 1. The van der Waals surface area contributed by atoms with Gasteiger partial charge in [-0.1, -0.05) is 30.3 Å². The van der Waals surface area contributed by atoms with E-state index in [1.807, 2.05) is 42.2 Å². The lowest BCUT2D eigenvalue weighted by atomic mass is 10.2. The van der Waals surface area contributed by atoms with Gasteiger partial charge in [-0.2, -0.15) is 0 Å². The number of aryl methyl sites for hydroxylation is 1. The van der Waals surface area contributed by atoms with Crippen molar-refractivity contribution in [1.82, 2.24) is 4.90 Å². The van der Waals surface area contributed by atoms with Crippen LogP contribution >= 0.6 is 11.3 Å². The van der Waals surface area contributed by atoms with Crippen LogP contribution in [0, 0.1) is 20.8 Å². The number of anilines is 1. The van der Waals surface area contributed by atoms with Gasteiger partial charge in [-0.25, -0.2) is 0 Å². The molecule has 2 N–H and O–H groups in total. The molecule has 4 nitrogen and oxygen atoms in total. The fourth-order valence-electron chi connectivity index (χ4n) is 2.43. The molecule has 2 aromatic rings. The van der Waals surface area contributed by atoms with E-state index in [4.69, 9.17) is 0 Å². The number of thiophene rings is 1. The van der Waals surface area contributed by atoms with Crippen molar-refractivity contribution in [3.05, 3.63) is 51.9 Å². The van der Waals surface area contributed by atoms with Gasteiger partial charge in [0.2, 0.25) is 5.91 Å². The largest absolute Gasteiger partial charge is 0.395 e. The quantitative estimate of drug-likeness (QED) is 0.819. The van der Waals surface area contributed by atoms with Crippen LogP contribution in [-0.4, -0.2) is 35.6 Å². The summed E-state index contributed by atoms with van der Waals surface area (Å²) in [7, 11) is 0. The van der Waals surface area contributed by atoms with Gasteiger partial charge < -0.3 is 10.4 Å². The third-order valence-corrected chi connectivity index (χ3v) is 5.20. The van der Waals surface area contributed by atoms with Crippen LogP contribution in [0.3, 0.4) is 0 Å². The Morgan fingerprint density at radius 1 is 1.17 bits per heavy atom. The second-order valence-corrected chi connectivity index (χ2v) is 6.93. The average molecular weight is 332 g/mol. The fraction of sp³-hybridized carbons (Fsp3) is 0.389. The van der Waals surface area contributed by atoms with Crippen molar-refractivity contribution in [2.24, 2.45) is 0 Å². The maximum Gasteiger partial charge on any atom is 0.239 e. The molecule has 0 bridgehead atoms. The molecular formula is C18H24N2O2S. The lowest BCUT2D eigenvalue weighted by molar-refractivity contribution is -0.117. The van der Waals surface area contributed by atoms with Crippen LogP contribution in [0.15, 0.2) is 30.3 Å². The van der Waals surface area contributed by atoms with E-state index in [1.165, 1.54) is 10.4 Å². The highest BCUT2D eigenvalue weighted by Crippen LogP contribution is 2.31. The normalized spacial score (nSPS) is 11.0. The number of rotatable bonds is 7. The number of aliphatic hydroxyl groups is 1. The van der Waals surface area contributed by atoms with Gasteiger partial charge in [0.25, 0.3) is 0 Å². The van der Waals surface area contributed by atoms with Crippen LogP contribution in [-0.2, 0) is 11.3 Å². The topological polar surface area (TPSA) is 52.6 Å². The highest BCUT2D eigenvalue weighted by molar-refractivity contribution is 7.16. The Bertz CT molecular complexity index is 653. The van der Waals surface area contributed by atoms with Crippen LogP contribution in [0.25, 0.3) is 0 Å². The molecule has 1 aromatic carbocycles. The monoisotopic (exact) mass is 332 g/mol. The summed E-state index contributed by atoms with van der Waals surface area (Å²) < 4.78 is 0. The van der Waals surface area contributed by atoms with Crippen LogP contribution in [0.4, 0.5) is 5.00 Å². The molecule has 0 aliphatic rings. The van der Waals surface area contributed by atoms with Crippen LogP contribution in [0.5, 0.6) is 0 Å². The zero-order chi connectivity index (χ0) is 16.8. The molecule has 2 rings (SSSR count). The molecule has 0 spiro atoms. The summed E-state index contributed by atoms with van der Waals surface area (Å²) in [6.07, 6.45) is 0. The lowest BCUT2D eigenvalue weighted by Gasteiger charge is -2.20. The van der Waals surface area contributed by atoms with E-state index in [-0.39, 0.29) is 19.1 Å². The number of aliphatic hydroxyl groups excluding tert-OH is 1. The van der Waals surface area contributed by atoms with Crippen molar-refractivity contribution in [2.45, 2.75) is 27.3 Å². The molecule has 0 aliphatic carbocycles. The minimum absolute atomic E-state index is 0.0381. The van der Waals surface area contributed by atoms with E-state index in [1.54, 1.807) is 11.3 Å². The Morgan fingerprint density at radius 3 is 2.43 bits per heavy atom. The molecule has 0 unspecified atom stereocenters. The van der Waals surface area contributed by atoms with E-state index in [0.29, 0.717) is 13.1 Å². The number of carbonyl (C=O) groups excluding carboxylic acids is 1. The molecule has 0 aliphatic heterocycles. The number of nitrogens with zero attached hydrogens (tertiary/aromatic N) is 1. The maximum atomic E-state index is 12.3. The van der Waals surface area contributed by atoms with Gasteiger partial charge in [-0.15, -0.1) is 11.3 Å². The van der Waals surface area contributed by atoms with Crippen molar-refractivity contribution in [1.29, 1.82) is 0 Å². The number of benzene rings is 1. The Hall–Kier alpha value is -1.69. The first-order valence-electron chi connectivity index (χ1n) is 7.75. The molecule has 5 heteroatoms. The summed E-state index contributed by atoms with van der Waals surface area (Å²) in [6.45, 7) is 7.60. The van der Waals surface area contributed by atoms with Gasteiger partial charge in [0, 0.05) is 18.0 Å². The molecular weight excluding hydrogens is 308 g/mol. The summed E-state index contributed by atoms with van der Waals surface area (Å²) in [5.74, 6) is -0.0428. The Labute approximate surface area is 141 Å². The van der Waals surface area contributed by atoms with Gasteiger partial charge in [0.1, 0.15) is 0 Å². The number of hydrogen-bond donors (Lipinski definition) is 2. The highest BCUT2D eigenvalue weighted by atomic mass is 32.1. The molecule has 0 saturated heterocycles. The Morgan fingerprint density at radius 2 is 1.87 bits per heavy atom. The maximum absolute atomic E-state index is 12.3. The van der Waals surface area contributed by atoms with Crippen molar-refractivity contribution >= 4 is 22.2 Å². The molecule has 1 heterocycles. The first-order valence-corrected chi connectivity index (χ1v) is 8.56. The zero-order valence-corrected chi connectivity index (χ0v) is 14.7.